The average molecular weight is 199 g/mol. The minimum absolute atomic E-state index is 0.321. The van der Waals surface area contributed by atoms with E-state index in [1.54, 1.807) is 6.92 Å². The third kappa shape index (κ3) is 2.53. The molecule has 1 unspecified atom stereocenters. The maximum atomic E-state index is 10.8. The van der Waals surface area contributed by atoms with Crippen LogP contribution in [0.15, 0.2) is 4.63 Å². The number of carboxylic acids is 1. The van der Waals surface area contributed by atoms with Gasteiger partial charge in [0.2, 0.25) is 0 Å². The smallest absolute Gasteiger partial charge is 0.306 e. The molecule has 1 aromatic rings. The zero-order valence-corrected chi connectivity index (χ0v) is 7.93. The number of hydrogen-bond acceptors (Lipinski definition) is 5. The third-order valence-corrected chi connectivity index (χ3v) is 2.05. The molecule has 78 valence electrons. The van der Waals surface area contributed by atoms with E-state index in [1.807, 2.05) is 0 Å². The van der Waals surface area contributed by atoms with Crippen molar-refractivity contribution >= 4 is 5.97 Å². The Kier molecular flexibility index (Phi) is 3.58. The molecule has 0 aliphatic rings. The summed E-state index contributed by atoms with van der Waals surface area (Å²) in [4.78, 5) is 10.8. The molecule has 1 atom stereocenters. The van der Waals surface area contributed by atoms with E-state index in [4.69, 9.17) is 10.8 Å². The molecule has 6 heteroatoms. The Labute approximate surface area is 81.1 Å². The molecule has 0 fully saturated rings. The number of aryl methyl sites for hydroxylation is 1. The van der Waals surface area contributed by atoms with E-state index in [0.29, 0.717) is 30.8 Å². The quantitative estimate of drug-likeness (QED) is 0.690. The molecule has 0 radical (unpaired) electrons. The predicted molar refractivity (Wildman–Crippen MR) is 47.5 cm³/mol. The normalized spacial score (nSPS) is 12.7. The second-order valence-corrected chi connectivity index (χ2v) is 3.11. The second kappa shape index (κ2) is 4.71. The van der Waals surface area contributed by atoms with Gasteiger partial charge in [-0.15, -0.1) is 0 Å². The van der Waals surface area contributed by atoms with Crippen LogP contribution < -0.4 is 5.73 Å². The molecule has 0 spiro atoms. The molecule has 0 aromatic carbocycles. The summed E-state index contributed by atoms with van der Waals surface area (Å²) in [6, 6.07) is 0. The van der Waals surface area contributed by atoms with E-state index in [2.05, 4.69) is 14.9 Å². The Morgan fingerprint density at radius 2 is 2.36 bits per heavy atom. The van der Waals surface area contributed by atoms with E-state index in [0.717, 1.165) is 0 Å². The van der Waals surface area contributed by atoms with Gasteiger partial charge < -0.3 is 10.8 Å². The first kappa shape index (κ1) is 10.6. The first-order valence-corrected chi connectivity index (χ1v) is 4.36. The van der Waals surface area contributed by atoms with Crippen LogP contribution in [0.4, 0.5) is 0 Å². The fourth-order valence-electron chi connectivity index (χ4n) is 1.18. The summed E-state index contributed by atoms with van der Waals surface area (Å²) in [7, 11) is 0. The van der Waals surface area contributed by atoms with Crippen molar-refractivity contribution in [2.45, 2.75) is 19.8 Å². The molecule has 1 rings (SSSR count). The molecule has 0 aliphatic carbocycles. The zero-order chi connectivity index (χ0) is 10.6. The number of hydrogen-bond donors (Lipinski definition) is 2. The second-order valence-electron chi connectivity index (χ2n) is 3.11. The van der Waals surface area contributed by atoms with Crippen LogP contribution in [-0.4, -0.2) is 27.9 Å². The van der Waals surface area contributed by atoms with Crippen molar-refractivity contribution in [2.24, 2.45) is 11.7 Å². The maximum absolute atomic E-state index is 10.8. The summed E-state index contributed by atoms with van der Waals surface area (Å²) in [6.07, 6.45) is 0.753. The van der Waals surface area contributed by atoms with Gasteiger partial charge in [0.25, 0.3) is 0 Å². The molecule has 6 nitrogen and oxygen atoms in total. The van der Waals surface area contributed by atoms with Crippen molar-refractivity contribution in [1.82, 2.24) is 10.3 Å². The Hall–Kier alpha value is -1.43. The van der Waals surface area contributed by atoms with E-state index in [1.165, 1.54) is 0 Å². The molecular formula is C8H13N3O3. The van der Waals surface area contributed by atoms with Crippen molar-refractivity contribution in [3.63, 3.8) is 0 Å². The maximum Gasteiger partial charge on any atom is 0.306 e. The first-order chi connectivity index (χ1) is 6.65. The van der Waals surface area contributed by atoms with Crippen molar-refractivity contribution in [3.05, 3.63) is 11.4 Å². The van der Waals surface area contributed by atoms with Crippen molar-refractivity contribution in [1.29, 1.82) is 0 Å². The minimum atomic E-state index is -0.863. The Morgan fingerprint density at radius 3 is 2.79 bits per heavy atom. The van der Waals surface area contributed by atoms with E-state index < -0.39 is 11.9 Å². The SMILES string of the molecule is Cc1nonc1CC(CCN)C(=O)O. The third-order valence-electron chi connectivity index (χ3n) is 2.05. The van der Waals surface area contributed by atoms with Crippen molar-refractivity contribution < 1.29 is 14.5 Å². The molecule has 0 bridgehead atoms. The molecule has 0 saturated carbocycles. The van der Waals surface area contributed by atoms with Crippen LogP contribution >= 0.6 is 0 Å². The number of aromatic nitrogens is 2. The average Bonchev–Trinajstić information content (AvgIpc) is 2.51. The van der Waals surface area contributed by atoms with Gasteiger partial charge in [-0.1, -0.05) is 10.3 Å². The summed E-state index contributed by atoms with van der Waals surface area (Å²) in [5.41, 5.74) is 6.53. The number of carbonyl (C=O) groups is 1. The number of nitrogens with two attached hydrogens (primary N) is 1. The summed E-state index contributed by atoms with van der Waals surface area (Å²) < 4.78 is 4.48. The van der Waals surface area contributed by atoms with Crippen molar-refractivity contribution in [3.8, 4) is 0 Å². The lowest BCUT2D eigenvalue weighted by Gasteiger charge is -2.08. The summed E-state index contributed by atoms with van der Waals surface area (Å²) in [5.74, 6) is -1.37. The predicted octanol–water partition coefficient (Wildman–Crippen LogP) is -0.0299. The highest BCUT2D eigenvalue weighted by atomic mass is 16.6. The van der Waals surface area contributed by atoms with Crippen LogP contribution in [0.1, 0.15) is 17.8 Å². The topological polar surface area (TPSA) is 102 Å². The van der Waals surface area contributed by atoms with Crippen LogP contribution in [0.3, 0.4) is 0 Å². The van der Waals surface area contributed by atoms with E-state index >= 15 is 0 Å². The fourth-order valence-corrected chi connectivity index (χ4v) is 1.18. The van der Waals surface area contributed by atoms with Gasteiger partial charge >= 0.3 is 5.97 Å². The molecule has 14 heavy (non-hydrogen) atoms. The van der Waals surface area contributed by atoms with Gasteiger partial charge in [-0.05, 0) is 19.9 Å². The Balaban J connectivity index is 2.64. The molecule has 0 amide bonds. The molecule has 0 aliphatic heterocycles. The van der Waals surface area contributed by atoms with Gasteiger partial charge in [-0.2, -0.15) is 0 Å². The monoisotopic (exact) mass is 199 g/mol. The Morgan fingerprint density at radius 1 is 1.64 bits per heavy atom. The lowest BCUT2D eigenvalue weighted by molar-refractivity contribution is -0.141. The highest BCUT2D eigenvalue weighted by Gasteiger charge is 2.20. The minimum Gasteiger partial charge on any atom is -0.481 e. The van der Waals surface area contributed by atoms with E-state index in [9.17, 15) is 4.79 Å². The Bertz CT molecular complexity index is 311. The highest BCUT2D eigenvalue weighted by Crippen LogP contribution is 2.12. The fraction of sp³-hybridized carbons (Fsp3) is 0.625. The van der Waals surface area contributed by atoms with Gasteiger partial charge in [0.1, 0.15) is 11.4 Å². The van der Waals surface area contributed by atoms with E-state index in [-0.39, 0.29) is 0 Å². The molecule has 1 aromatic heterocycles. The lowest BCUT2D eigenvalue weighted by atomic mass is 9.99. The molecule has 3 N–H and O–H groups in total. The molecule has 1 heterocycles. The molecular weight excluding hydrogens is 186 g/mol. The number of carboxylic acid groups (broad SMARTS) is 1. The first-order valence-electron chi connectivity index (χ1n) is 4.36. The number of rotatable bonds is 5. The van der Waals surface area contributed by atoms with Crippen molar-refractivity contribution in [2.75, 3.05) is 6.54 Å². The largest absolute Gasteiger partial charge is 0.481 e. The van der Waals surface area contributed by atoms with Crippen LogP contribution in [0, 0.1) is 12.8 Å². The summed E-state index contributed by atoms with van der Waals surface area (Å²) >= 11 is 0. The summed E-state index contributed by atoms with van der Waals surface area (Å²) in [5, 5.41) is 16.1. The number of aliphatic carboxylic acids is 1. The molecule has 0 saturated heterocycles. The lowest BCUT2D eigenvalue weighted by Crippen LogP contribution is -2.20. The van der Waals surface area contributed by atoms with Gasteiger partial charge in [0.15, 0.2) is 0 Å². The van der Waals surface area contributed by atoms with Gasteiger partial charge in [-0.3, -0.25) is 4.79 Å². The zero-order valence-electron chi connectivity index (χ0n) is 7.93. The van der Waals surface area contributed by atoms with Gasteiger partial charge in [0.05, 0.1) is 5.92 Å². The van der Waals surface area contributed by atoms with Crippen LogP contribution in [0.2, 0.25) is 0 Å². The van der Waals surface area contributed by atoms with Gasteiger partial charge in [-0.25, -0.2) is 4.63 Å². The van der Waals surface area contributed by atoms with Crippen LogP contribution in [-0.2, 0) is 11.2 Å². The number of nitrogens with zero attached hydrogens (tertiary/aromatic N) is 2. The highest BCUT2D eigenvalue weighted by molar-refractivity contribution is 5.70. The van der Waals surface area contributed by atoms with Crippen LogP contribution in [0.5, 0.6) is 0 Å². The summed E-state index contributed by atoms with van der Waals surface area (Å²) in [6.45, 7) is 2.08. The van der Waals surface area contributed by atoms with Crippen LogP contribution in [0.25, 0.3) is 0 Å². The standard InChI is InChI=1S/C8H13N3O3/c1-5-7(11-14-10-5)4-6(2-3-9)8(12)13/h6H,2-4,9H2,1H3,(H,12,13). The van der Waals surface area contributed by atoms with Gasteiger partial charge in [0, 0.05) is 6.42 Å².